The second-order valence-corrected chi connectivity index (χ2v) is 11.5. The van der Waals surface area contributed by atoms with E-state index in [0.29, 0.717) is 43.7 Å². The van der Waals surface area contributed by atoms with E-state index in [-0.39, 0.29) is 30.1 Å². The number of rotatable bonds is 1. The molecule has 2 aromatic rings. The lowest BCUT2D eigenvalue weighted by Gasteiger charge is -2.29. The van der Waals surface area contributed by atoms with Gasteiger partial charge in [-0.05, 0) is 66.5 Å². The Kier molecular flexibility index (Phi) is 8.99. The first-order valence-corrected chi connectivity index (χ1v) is 12.9. The minimum Gasteiger partial charge on any atom is -0.444 e. The highest BCUT2D eigenvalue weighted by Crippen LogP contribution is 2.29. The molecule has 1 N–H and O–H groups in total. The molecule has 0 atom stereocenters. The lowest BCUT2D eigenvalue weighted by molar-refractivity contribution is -0.122. The monoisotopic (exact) mass is 541 g/mol. The molecule has 0 unspecified atom stereocenters. The average Bonchev–Trinajstić information content (AvgIpc) is 3.25. The van der Waals surface area contributed by atoms with Crippen LogP contribution in [0, 0.1) is 17.1 Å². The Morgan fingerprint density at radius 2 is 1.62 bits per heavy atom. The molecule has 0 radical (unpaired) electrons. The first-order chi connectivity index (χ1) is 18.2. The van der Waals surface area contributed by atoms with Crippen LogP contribution in [-0.4, -0.2) is 68.8 Å². The number of nitrogens with zero attached hydrogens (tertiary/aromatic N) is 4. The van der Waals surface area contributed by atoms with Gasteiger partial charge in [-0.1, -0.05) is 6.07 Å². The van der Waals surface area contributed by atoms with E-state index >= 15 is 0 Å². The molecule has 1 saturated heterocycles. The van der Waals surface area contributed by atoms with Gasteiger partial charge in [0.25, 0.3) is 0 Å². The zero-order valence-corrected chi connectivity index (χ0v) is 23.4. The highest BCUT2D eigenvalue weighted by molar-refractivity contribution is 5.85. The van der Waals surface area contributed by atoms with E-state index in [2.05, 4.69) is 10.2 Å². The van der Waals surface area contributed by atoms with E-state index in [1.54, 1.807) is 17.0 Å². The van der Waals surface area contributed by atoms with Crippen molar-refractivity contribution < 1.29 is 28.2 Å². The average molecular weight is 542 g/mol. The number of ketones is 1. The van der Waals surface area contributed by atoms with Gasteiger partial charge < -0.3 is 19.3 Å². The van der Waals surface area contributed by atoms with Crippen LogP contribution in [-0.2, 0) is 27.2 Å². The van der Waals surface area contributed by atoms with E-state index in [1.165, 1.54) is 17.0 Å². The van der Waals surface area contributed by atoms with Crippen molar-refractivity contribution in [3.05, 3.63) is 40.8 Å². The van der Waals surface area contributed by atoms with E-state index in [4.69, 9.17) is 14.7 Å². The molecule has 39 heavy (non-hydrogen) atoms. The predicted octanol–water partition coefficient (Wildman–Crippen LogP) is 4.97. The van der Waals surface area contributed by atoms with Crippen LogP contribution in [0.2, 0.25) is 0 Å². The number of ether oxygens (including phenoxy) is 2. The van der Waals surface area contributed by atoms with Crippen molar-refractivity contribution in [1.29, 1.82) is 5.26 Å². The maximum atomic E-state index is 13.9. The van der Waals surface area contributed by atoms with Crippen molar-refractivity contribution in [3.63, 3.8) is 0 Å². The van der Waals surface area contributed by atoms with Crippen molar-refractivity contribution in [1.82, 2.24) is 20.0 Å². The molecule has 210 valence electrons. The maximum absolute atomic E-state index is 13.9. The van der Waals surface area contributed by atoms with Gasteiger partial charge in [0.2, 0.25) is 0 Å². The summed E-state index contributed by atoms with van der Waals surface area (Å²) in [6, 6.07) is 6.25. The summed E-state index contributed by atoms with van der Waals surface area (Å²) in [6.07, 6.45) is 1.18. The van der Waals surface area contributed by atoms with E-state index in [1.807, 2.05) is 41.5 Å². The van der Waals surface area contributed by atoms with Gasteiger partial charge >= 0.3 is 12.2 Å². The number of amides is 2. The third kappa shape index (κ3) is 8.27. The number of halogens is 1. The highest BCUT2D eigenvalue weighted by Gasteiger charge is 2.29. The van der Waals surface area contributed by atoms with Crippen LogP contribution in [0.5, 0.6) is 0 Å². The summed E-state index contributed by atoms with van der Waals surface area (Å²) in [5.41, 5.74) is 2.01. The van der Waals surface area contributed by atoms with Crippen LogP contribution in [0.25, 0.3) is 11.3 Å². The van der Waals surface area contributed by atoms with Crippen LogP contribution < -0.4 is 0 Å². The van der Waals surface area contributed by atoms with E-state index in [9.17, 15) is 18.8 Å². The van der Waals surface area contributed by atoms with Crippen LogP contribution in [0.3, 0.4) is 0 Å². The molecule has 11 heteroatoms. The number of hydrogen-bond acceptors (Lipinski definition) is 7. The van der Waals surface area contributed by atoms with Crippen molar-refractivity contribution in [2.24, 2.45) is 0 Å². The SMILES string of the molecule is CC(C)(C)OC(=O)N1CCCC(=O)C1.CC(C)(C)OC(=O)N1CCc2c(-c3ccc(C#N)c(F)c3)n[nH]c2C1. The number of H-pyrrole nitrogens is 1. The van der Waals surface area contributed by atoms with Gasteiger partial charge in [-0.2, -0.15) is 10.4 Å². The third-order valence-electron chi connectivity index (χ3n) is 5.85. The minimum atomic E-state index is -0.567. The molecule has 1 aromatic carbocycles. The second-order valence-electron chi connectivity index (χ2n) is 11.5. The number of carbonyl (C=O) groups excluding carboxylic acids is 3. The number of nitrogens with one attached hydrogen (secondary N) is 1. The second kappa shape index (κ2) is 11.8. The molecule has 0 spiro atoms. The molecular formula is C28H36FN5O5. The lowest BCUT2D eigenvalue weighted by atomic mass is 9.99. The highest BCUT2D eigenvalue weighted by atomic mass is 19.1. The Labute approximate surface area is 228 Å². The fourth-order valence-electron chi connectivity index (χ4n) is 4.11. The topological polar surface area (TPSA) is 129 Å². The summed E-state index contributed by atoms with van der Waals surface area (Å²) in [4.78, 5) is 37.9. The molecule has 1 aromatic heterocycles. The van der Waals surface area contributed by atoms with Gasteiger partial charge in [-0.25, -0.2) is 14.0 Å². The summed E-state index contributed by atoms with van der Waals surface area (Å²) in [5.74, 6) is -0.454. The van der Waals surface area contributed by atoms with Gasteiger partial charge in [-0.15, -0.1) is 0 Å². The first-order valence-electron chi connectivity index (χ1n) is 12.9. The number of carbonyl (C=O) groups is 3. The zero-order valence-electron chi connectivity index (χ0n) is 23.4. The molecule has 2 aliphatic heterocycles. The summed E-state index contributed by atoms with van der Waals surface area (Å²) in [7, 11) is 0. The number of hydrogen-bond donors (Lipinski definition) is 1. The summed E-state index contributed by atoms with van der Waals surface area (Å²) >= 11 is 0. The van der Waals surface area contributed by atoms with Gasteiger partial charge in [0.1, 0.15) is 23.1 Å². The number of benzene rings is 1. The Hall–Kier alpha value is -3.94. The van der Waals surface area contributed by atoms with Crippen LogP contribution in [0.15, 0.2) is 18.2 Å². The molecule has 10 nitrogen and oxygen atoms in total. The van der Waals surface area contributed by atoms with E-state index in [0.717, 1.165) is 17.7 Å². The van der Waals surface area contributed by atoms with E-state index < -0.39 is 17.0 Å². The smallest absolute Gasteiger partial charge is 0.410 e. The van der Waals surface area contributed by atoms with Crippen molar-refractivity contribution in [2.75, 3.05) is 19.6 Å². The number of fused-ring (bicyclic) bond motifs is 1. The van der Waals surface area contributed by atoms with Gasteiger partial charge in [0.15, 0.2) is 5.78 Å². The normalized spacial score (nSPS) is 15.5. The molecule has 1 fully saturated rings. The molecule has 0 saturated carbocycles. The zero-order chi connectivity index (χ0) is 29.0. The number of Topliss-reactive ketones (excluding diaryl/α,β-unsaturated/α-hetero) is 1. The quantitative estimate of drug-likeness (QED) is 0.540. The predicted molar refractivity (Wildman–Crippen MR) is 141 cm³/mol. The van der Waals surface area contributed by atoms with Crippen LogP contribution >= 0.6 is 0 Å². The van der Waals surface area contributed by atoms with Crippen molar-refractivity contribution >= 4 is 18.0 Å². The number of aromatic nitrogens is 2. The molecule has 2 aliphatic rings. The Morgan fingerprint density at radius 1 is 1.00 bits per heavy atom. The number of aromatic amines is 1. The van der Waals surface area contributed by atoms with Crippen LogP contribution in [0.1, 0.15) is 71.2 Å². The van der Waals surface area contributed by atoms with Gasteiger partial charge in [0, 0.05) is 30.6 Å². The van der Waals surface area contributed by atoms with Gasteiger partial charge in [0.05, 0.1) is 30.0 Å². The van der Waals surface area contributed by atoms with Crippen LogP contribution in [0.4, 0.5) is 14.0 Å². The number of piperidine rings is 1. The van der Waals surface area contributed by atoms with Gasteiger partial charge in [-0.3, -0.25) is 9.89 Å². The van der Waals surface area contributed by atoms with Crippen molar-refractivity contribution in [3.8, 4) is 17.3 Å². The van der Waals surface area contributed by atoms with Crippen molar-refractivity contribution in [2.45, 2.75) is 78.6 Å². The fraction of sp³-hybridized carbons (Fsp3) is 0.536. The molecular weight excluding hydrogens is 505 g/mol. The molecule has 0 bridgehead atoms. The lowest BCUT2D eigenvalue weighted by Crippen LogP contribution is -2.43. The summed E-state index contributed by atoms with van der Waals surface area (Å²) < 4.78 is 24.4. The minimum absolute atomic E-state index is 0.00394. The molecule has 4 rings (SSSR count). The molecule has 0 aliphatic carbocycles. The summed E-state index contributed by atoms with van der Waals surface area (Å²) in [5, 5.41) is 16.0. The first kappa shape index (κ1) is 29.6. The summed E-state index contributed by atoms with van der Waals surface area (Å²) in [6.45, 7) is 12.6. The molecule has 2 amide bonds. The largest absolute Gasteiger partial charge is 0.444 e. The Balaban J connectivity index is 0.000000255. The Bertz CT molecular complexity index is 1270. The standard InChI is InChI=1S/C18H19FN4O2.C10H17NO3/c1-18(2,3)25-17(24)23-7-6-13-15(10-23)21-22-16(13)11-4-5-12(9-20)14(19)8-11;1-10(2,3)14-9(13)11-6-4-5-8(12)7-11/h4-5,8H,6-7,10H2,1-3H3,(H,21,22);4-7H2,1-3H3. The fourth-order valence-corrected chi connectivity index (χ4v) is 4.11. The number of nitriles is 1. The number of likely N-dealkylation sites (tertiary alicyclic amines) is 1. The Morgan fingerprint density at radius 3 is 2.15 bits per heavy atom. The maximum Gasteiger partial charge on any atom is 0.410 e. The molecule has 3 heterocycles. The third-order valence-corrected chi connectivity index (χ3v) is 5.85.